The molecule has 0 aliphatic heterocycles. The molecule has 0 aliphatic rings. The number of aliphatic imine (C=N–C) groups is 1. The molecule has 3 aromatic heterocycles. The largest absolute Gasteiger partial charge is 0.357 e. The van der Waals surface area contributed by atoms with Crippen LogP contribution in [0.5, 0.6) is 0 Å². The lowest BCUT2D eigenvalue weighted by Crippen LogP contribution is -2.38. The lowest BCUT2D eigenvalue weighted by molar-refractivity contribution is 0.697. The molecule has 126 valence electrons. The first-order valence-electron chi connectivity index (χ1n) is 8.19. The van der Waals surface area contributed by atoms with Gasteiger partial charge in [0.2, 0.25) is 0 Å². The second-order valence-electron chi connectivity index (χ2n) is 5.70. The molecule has 6 heteroatoms. The molecule has 1 unspecified atom stereocenters. The van der Waals surface area contributed by atoms with Crippen molar-refractivity contribution in [3.63, 3.8) is 0 Å². The Bertz CT molecular complexity index is 819. The number of nitrogens with one attached hydrogen (secondary N) is 2. The minimum absolute atomic E-state index is 0.228. The average Bonchev–Trinajstić information content (AvgIpc) is 3.23. The number of guanidine groups is 1. The minimum Gasteiger partial charge on any atom is -0.357 e. The van der Waals surface area contributed by atoms with E-state index in [4.69, 9.17) is 0 Å². The van der Waals surface area contributed by atoms with Gasteiger partial charge in [0.15, 0.2) is 5.96 Å². The predicted octanol–water partition coefficient (Wildman–Crippen LogP) is 3.52. The summed E-state index contributed by atoms with van der Waals surface area (Å²) in [5.41, 5.74) is 3.10. The molecule has 3 heterocycles. The van der Waals surface area contributed by atoms with E-state index < -0.39 is 0 Å². The molecule has 0 saturated heterocycles. The highest BCUT2D eigenvalue weighted by atomic mass is 32.1. The maximum atomic E-state index is 4.68. The van der Waals surface area contributed by atoms with Crippen LogP contribution in [0, 0.1) is 6.92 Å². The molecule has 5 nitrogen and oxygen atoms in total. The van der Waals surface area contributed by atoms with Crippen molar-refractivity contribution in [3.05, 3.63) is 58.2 Å². The summed E-state index contributed by atoms with van der Waals surface area (Å²) in [6.45, 7) is 7.67. The van der Waals surface area contributed by atoms with Crippen LogP contribution in [0.15, 0.2) is 46.9 Å². The Labute approximate surface area is 146 Å². The van der Waals surface area contributed by atoms with Crippen LogP contribution in [0.25, 0.3) is 5.65 Å². The molecule has 3 aromatic rings. The van der Waals surface area contributed by atoms with Crippen molar-refractivity contribution >= 4 is 22.9 Å². The molecule has 2 N–H and O–H groups in total. The van der Waals surface area contributed by atoms with Gasteiger partial charge in [0.25, 0.3) is 0 Å². The molecule has 0 amide bonds. The normalized spacial score (nSPS) is 13.2. The van der Waals surface area contributed by atoms with Crippen LogP contribution in [0.1, 0.15) is 36.2 Å². The fourth-order valence-corrected chi connectivity index (χ4v) is 3.30. The molecule has 0 fully saturated rings. The zero-order valence-electron chi connectivity index (χ0n) is 14.3. The molecule has 3 rings (SSSR count). The topological polar surface area (TPSA) is 53.7 Å². The van der Waals surface area contributed by atoms with Crippen LogP contribution in [0.2, 0.25) is 0 Å². The third-order valence-corrected chi connectivity index (χ3v) is 4.87. The van der Waals surface area contributed by atoms with Gasteiger partial charge in [0, 0.05) is 23.3 Å². The first kappa shape index (κ1) is 16.5. The molecule has 1 atom stereocenters. The molecule has 0 radical (unpaired) electrons. The number of pyridine rings is 1. The summed E-state index contributed by atoms with van der Waals surface area (Å²) in [6, 6.07) is 10.6. The zero-order chi connectivity index (χ0) is 16.9. The molecule has 0 bridgehead atoms. The summed E-state index contributed by atoms with van der Waals surface area (Å²) < 4.78 is 2.10. The standard InChI is InChI=1S/C18H23N5S/c1-4-19-18(21-14(3)16-8-6-10-24-16)20-11-15-12-23-13(2)7-5-9-17(23)22-15/h5-10,12,14H,4,11H2,1-3H3,(H2,19,20,21). The second-order valence-corrected chi connectivity index (χ2v) is 6.68. The second kappa shape index (κ2) is 7.49. The number of imidazole rings is 1. The van der Waals surface area contributed by atoms with Crippen molar-refractivity contribution in [1.29, 1.82) is 0 Å². The quantitative estimate of drug-likeness (QED) is 0.551. The van der Waals surface area contributed by atoms with Gasteiger partial charge >= 0.3 is 0 Å². The van der Waals surface area contributed by atoms with E-state index >= 15 is 0 Å². The molecule has 24 heavy (non-hydrogen) atoms. The minimum atomic E-state index is 0.228. The number of thiophene rings is 1. The Morgan fingerprint density at radius 3 is 2.92 bits per heavy atom. The Morgan fingerprint density at radius 2 is 2.21 bits per heavy atom. The van der Waals surface area contributed by atoms with Crippen molar-refractivity contribution in [2.45, 2.75) is 33.4 Å². The Balaban J connectivity index is 1.73. The number of rotatable bonds is 5. The van der Waals surface area contributed by atoms with Gasteiger partial charge in [-0.2, -0.15) is 0 Å². The molecule has 0 aliphatic carbocycles. The van der Waals surface area contributed by atoms with Crippen molar-refractivity contribution in [3.8, 4) is 0 Å². The van der Waals surface area contributed by atoms with E-state index in [0.717, 1.165) is 23.8 Å². The van der Waals surface area contributed by atoms with Crippen molar-refractivity contribution in [2.24, 2.45) is 4.99 Å². The van der Waals surface area contributed by atoms with E-state index in [1.807, 2.05) is 12.1 Å². The van der Waals surface area contributed by atoms with Crippen molar-refractivity contribution in [2.75, 3.05) is 6.54 Å². The van der Waals surface area contributed by atoms with Gasteiger partial charge in [-0.15, -0.1) is 11.3 Å². The lowest BCUT2D eigenvalue weighted by atomic mass is 10.3. The molecular formula is C18H23N5S. The highest BCUT2D eigenvalue weighted by Crippen LogP contribution is 2.18. The summed E-state index contributed by atoms with van der Waals surface area (Å²) >= 11 is 1.75. The smallest absolute Gasteiger partial charge is 0.192 e. The number of aryl methyl sites for hydroxylation is 1. The third kappa shape index (κ3) is 3.76. The Kier molecular flexibility index (Phi) is 5.15. The highest BCUT2D eigenvalue weighted by Gasteiger charge is 2.09. The predicted molar refractivity (Wildman–Crippen MR) is 101 cm³/mol. The van der Waals surface area contributed by atoms with E-state index in [1.54, 1.807) is 11.3 Å². The Morgan fingerprint density at radius 1 is 1.33 bits per heavy atom. The first-order valence-corrected chi connectivity index (χ1v) is 9.07. The van der Waals surface area contributed by atoms with E-state index in [2.05, 4.69) is 75.6 Å². The van der Waals surface area contributed by atoms with Gasteiger partial charge in [0.1, 0.15) is 5.65 Å². The number of aromatic nitrogens is 2. The van der Waals surface area contributed by atoms with Gasteiger partial charge in [0.05, 0.1) is 18.3 Å². The number of nitrogens with zero attached hydrogens (tertiary/aromatic N) is 3. The van der Waals surface area contributed by atoms with E-state index in [1.165, 1.54) is 10.6 Å². The van der Waals surface area contributed by atoms with Crippen molar-refractivity contribution in [1.82, 2.24) is 20.0 Å². The van der Waals surface area contributed by atoms with Gasteiger partial charge in [-0.1, -0.05) is 12.1 Å². The maximum Gasteiger partial charge on any atom is 0.192 e. The van der Waals surface area contributed by atoms with Crippen LogP contribution in [0.3, 0.4) is 0 Å². The Hall–Kier alpha value is -2.34. The summed E-state index contributed by atoms with van der Waals surface area (Å²) in [6.07, 6.45) is 2.06. The number of fused-ring (bicyclic) bond motifs is 1. The van der Waals surface area contributed by atoms with Gasteiger partial charge in [-0.3, -0.25) is 0 Å². The van der Waals surface area contributed by atoms with Crippen LogP contribution in [-0.4, -0.2) is 21.9 Å². The zero-order valence-corrected chi connectivity index (χ0v) is 15.1. The first-order chi connectivity index (χ1) is 11.7. The van der Waals surface area contributed by atoms with Gasteiger partial charge in [-0.05, 0) is 44.4 Å². The summed E-state index contributed by atoms with van der Waals surface area (Å²) in [7, 11) is 0. The van der Waals surface area contributed by atoms with Crippen LogP contribution < -0.4 is 10.6 Å². The van der Waals surface area contributed by atoms with Gasteiger partial charge < -0.3 is 15.0 Å². The number of hydrogen-bond donors (Lipinski definition) is 2. The van der Waals surface area contributed by atoms with Crippen molar-refractivity contribution < 1.29 is 0 Å². The molecule has 0 spiro atoms. The molecule has 0 aromatic carbocycles. The van der Waals surface area contributed by atoms with E-state index in [9.17, 15) is 0 Å². The van der Waals surface area contributed by atoms with Gasteiger partial charge in [-0.25, -0.2) is 9.98 Å². The number of hydrogen-bond acceptors (Lipinski definition) is 3. The molecular weight excluding hydrogens is 318 g/mol. The lowest BCUT2D eigenvalue weighted by Gasteiger charge is -2.16. The fraction of sp³-hybridized carbons (Fsp3) is 0.333. The van der Waals surface area contributed by atoms with Crippen LogP contribution >= 0.6 is 11.3 Å². The maximum absolute atomic E-state index is 4.68. The van der Waals surface area contributed by atoms with Crippen LogP contribution in [-0.2, 0) is 6.54 Å². The summed E-state index contributed by atoms with van der Waals surface area (Å²) in [5.74, 6) is 0.812. The van der Waals surface area contributed by atoms with E-state index in [0.29, 0.717) is 6.54 Å². The summed E-state index contributed by atoms with van der Waals surface area (Å²) in [4.78, 5) is 10.6. The molecule has 0 saturated carbocycles. The van der Waals surface area contributed by atoms with Crippen LogP contribution in [0.4, 0.5) is 0 Å². The fourth-order valence-electron chi connectivity index (χ4n) is 2.57. The monoisotopic (exact) mass is 341 g/mol. The van der Waals surface area contributed by atoms with E-state index in [-0.39, 0.29) is 6.04 Å². The highest BCUT2D eigenvalue weighted by molar-refractivity contribution is 7.10. The summed E-state index contributed by atoms with van der Waals surface area (Å²) in [5, 5.41) is 8.84. The third-order valence-electron chi connectivity index (χ3n) is 3.81. The SMILES string of the molecule is CCNC(=NCc1cn2c(C)cccc2n1)NC(C)c1cccs1. The average molecular weight is 341 g/mol.